The molecule has 0 aliphatic rings. The first-order chi connectivity index (χ1) is 16.0. The summed E-state index contributed by atoms with van der Waals surface area (Å²) in [6.45, 7) is 1.97. The molecule has 10 heteroatoms. The van der Waals surface area contributed by atoms with Crippen molar-refractivity contribution in [3.63, 3.8) is 0 Å². The standard InChI is InChI=1S/C23H18FN7O2/c1-14-9-16(22-29-27-13-31(22)18-6-4-17(24)5-7-18)12-30-19(11-26-21(14)30)15-3-8-20(25-10-15)28-23(32)33-2/h3-13H,1-2H3,(H,25,28,32). The number of aromatic nitrogens is 6. The van der Waals surface area contributed by atoms with Gasteiger partial charge in [0.05, 0.1) is 19.0 Å². The average Bonchev–Trinajstić information content (AvgIpc) is 3.48. The maximum Gasteiger partial charge on any atom is 0.412 e. The second-order valence-electron chi connectivity index (χ2n) is 7.30. The molecule has 1 amide bonds. The number of fused-ring (bicyclic) bond motifs is 1. The smallest absolute Gasteiger partial charge is 0.412 e. The van der Waals surface area contributed by atoms with Crippen molar-refractivity contribution in [1.82, 2.24) is 29.1 Å². The molecule has 0 aliphatic heterocycles. The van der Waals surface area contributed by atoms with Gasteiger partial charge in [0.15, 0.2) is 5.82 Å². The van der Waals surface area contributed by atoms with Crippen molar-refractivity contribution in [2.45, 2.75) is 6.92 Å². The molecule has 0 fully saturated rings. The van der Waals surface area contributed by atoms with Gasteiger partial charge in [-0.3, -0.25) is 14.3 Å². The lowest BCUT2D eigenvalue weighted by atomic mass is 10.1. The maximum absolute atomic E-state index is 13.4. The topological polar surface area (TPSA) is 99.2 Å². The zero-order valence-electron chi connectivity index (χ0n) is 17.7. The molecule has 0 bridgehead atoms. The average molecular weight is 443 g/mol. The zero-order valence-corrected chi connectivity index (χ0v) is 17.7. The number of ether oxygens (including phenoxy) is 1. The first-order valence-corrected chi connectivity index (χ1v) is 9.99. The predicted molar refractivity (Wildman–Crippen MR) is 119 cm³/mol. The van der Waals surface area contributed by atoms with Gasteiger partial charge in [-0.1, -0.05) is 0 Å². The highest BCUT2D eigenvalue weighted by molar-refractivity contribution is 5.83. The number of anilines is 1. The number of halogens is 1. The van der Waals surface area contributed by atoms with Crippen molar-refractivity contribution in [2.75, 3.05) is 12.4 Å². The number of hydrogen-bond donors (Lipinski definition) is 1. The summed E-state index contributed by atoms with van der Waals surface area (Å²) in [7, 11) is 1.29. The molecule has 164 valence electrons. The third-order valence-corrected chi connectivity index (χ3v) is 5.18. The minimum absolute atomic E-state index is 0.310. The van der Waals surface area contributed by atoms with Gasteiger partial charge in [0.25, 0.3) is 0 Å². The van der Waals surface area contributed by atoms with E-state index in [-0.39, 0.29) is 5.82 Å². The number of imidazole rings is 1. The normalized spacial score (nSPS) is 11.0. The van der Waals surface area contributed by atoms with Gasteiger partial charge in [-0.05, 0) is 55.0 Å². The van der Waals surface area contributed by atoms with Crippen molar-refractivity contribution in [3.8, 4) is 28.3 Å². The van der Waals surface area contributed by atoms with E-state index >= 15 is 0 Å². The molecule has 4 aromatic heterocycles. The second-order valence-corrected chi connectivity index (χ2v) is 7.30. The number of amides is 1. The second kappa shape index (κ2) is 8.15. The highest BCUT2D eigenvalue weighted by Gasteiger charge is 2.15. The van der Waals surface area contributed by atoms with Crippen LogP contribution in [-0.4, -0.2) is 42.3 Å². The third kappa shape index (κ3) is 3.78. The van der Waals surface area contributed by atoms with Gasteiger partial charge in [0.2, 0.25) is 0 Å². The largest absolute Gasteiger partial charge is 0.453 e. The van der Waals surface area contributed by atoms with Crippen molar-refractivity contribution in [1.29, 1.82) is 0 Å². The summed E-state index contributed by atoms with van der Waals surface area (Å²) in [5, 5.41) is 10.9. The molecule has 5 rings (SSSR count). The number of aryl methyl sites for hydroxylation is 1. The molecule has 0 atom stereocenters. The van der Waals surface area contributed by atoms with Gasteiger partial charge in [-0.2, -0.15) is 0 Å². The Kier molecular flexibility index (Phi) is 5.02. The van der Waals surface area contributed by atoms with Crippen LogP contribution in [0.2, 0.25) is 0 Å². The molecule has 4 heterocycles. The number of benzene rings is 1. The minimum atomic E-state index is -0.587. The summed E-state index contributed by atoms with van der Waals surface area (Å²) < 4.78 is 21.7. The molecular weight excluding hydrogens is 425 g/mol. The van der Waals surface area contributed by atoms with Crippen LogP contribution in [0.4, 0.5) is 15.0 Å². The Morgan fingerprint density at radius 1 is 1.06 bits per heavy atom. The Hall–Kier alpha value is -4.60. The van der Waals surface area contributed by atoms with E-state index < -0.39 is 6.09 Å². The summed E-state index contributed by atoms with van der Waals surface area (Å²) in [5.41, 5.74) is 4.94. The van der Waals surface area contributed by atoms with Crippen LogP contribution in [0.15, 0.2) is 67.4 Å². The number of carbonyl (C=O) groups is 1. The van der Waals surface area contributed by atoms with Gasteiger partial charge in [0.1, 0.15) is 23.6 Å². The van der Waals surface area contributed by atoms with Crippen LogP contribution in [0.25, 0.3) is 34.0 Å². The molecule has 1 N–H and O–H groups in total. The quantitative estimate of drug-likeness (QED) is 0.445. The number of hydrogen-bond acceptors (Lipinski definition) is 6. The Balaban J connectivity index is 1.57. The maximum atomic E-state index is 13.4. The van der Waals surface area contributed by atoms with Crippen molar-refractivity contribution in [3.05, 3.63) is 78.8 Å². The van der Waals surface area contributed by atoms with Gasteiger partial charge in [0, 0.05) is 29.2 Å². The zero-order chi connectivity index (χ0) is 22.9. The van der Waals surface area contributed by atoms with E-state index in [2.05, 4.69) is 30.2 Å². The molecular formula is C23H18FN7O2. The summed E-state index contributed by atoms with van der Waals surface area (Å²) in [4.78, 5) is 20.2. The fraction of sp³-hybridized carbons (Fsp3) is 0.0870. The molecule has 0 radical (unpaired) electrons. The molecule has 5 aromatic rings. The molecule has 9 nitrogen and oxygen atoms in total. The third-order valence-electron chi connectivity index (χ3n) is 5.18. The van der Waals surface area contributed by atoms with Gasteiger partial charge >= 0.3 is 6.09 Å². The number of pyridine rings is 2. The van der Waals surface area contributed by atoms with Crippen LogP contribution in [0.5, 0.6) is 0 Å². The lowest BCUT2D eigenvalue weighted by Crippen LogP contribution is -2.11. The van der Waals surface area contributed by atoms with Crippen molar-refractivity contribution in [2.24, 2.45) is 0 Å². The van der Waals surface area contributed by atoms with Crippen LogP contribution in [0.3, 0.4) is 0 Å². The lowest BCUT2D eigenvalue weighted by Gasteiger charge is -2.10. The SMILES string of the molecule is COC(=O)Nc1ccc(-c2cnc3c(C)cc(-c4nncn4-c4ccc(F)cc4)cn23)cn1. The Morgan fingerprint density at radius 3 is 2.61 bits per heavy atom. The molecule has 0 unspecified atom stereocenters. The Labute approximate surface area is 187 Å². The van der Waals surface area contributed by atoms with Gasteiger partial charge < -0.3 is 4.74 Å². The fourth-order valence-electron chi connectivity index (χ4n) is 3.59. The van der Waals surface area contributed by atoms with E-state index in [1.165, 1.54) is 19.2 Å². The number of rotatable bonds is 4. The molecule has 0 aliphatic carbocycles. The number of carbonyl (C=O) groups excluding carboxylic acids is 1. The van der Waals surface area contributed by atoms with E-state index in [0.29, 0.717) is 11.6 Å². The molecule has 33 heavy (non-hydrogen) atoms. The van der Waals surface area contributed by atoms with Crippen LogP contribution in [0, 0.1) is 12.7 Å². The van der Waals surface area contributed by atoms with Crippen LogP contribution >= 0.6 is 0 Å². The van der Waals surface area contributed by atoms with Crippen LogP contribution in [-0.2, 0) is 4.74 Å². The fourth-order valence-corrected chi connectivity index (χ4v) is 3.59. The highest BCUT2D eigenvalue weighted by Crippen LogP contribution is 2.28. The molecule has 1 aromatic carbocycles. The molecule has 0 saturated heterocycles. The molecule has 0 spiro atoms. The summed E-state index contributed by atoms with van der Waals surface area (Å²) in [5.74, 6) is 0.681. The van der Waals surface area contributed by atoms with Gasteiger partial charge in [-0.25, -0.2) is 19.2 Å². The van der Waals surface area contributed by atoms with Crippen LogP contribution in [0.1, 0.15) is 5.56 Å². The van der Waals surface area contributed by atoms with Crippen LogP contribution < -0.4 is 5.32 Å². The summed E-state index contributed by atoms with van der Waals surface area (Å²) >= 11 is 0. The molecule has 0 saturated carbocycles. The monoisotopic (exact) mass is 443 g/mol. The van der Waals surface area contributed by atoms with Crippen molar-refractivity contribution >= 4 is 17.6 Å². The van der Waals surface area contributed by atoms with E-state index in [0.717, 1.165) is 33.7 Å². The summed E-state index contributed by atoms with van der Waals surface area (Å²) in [6.07, 6.45) is 6.35. The first-order valence-electron chi connectivity index (χ1n) is 9.99. The predicted octanol–water partition coefficient (Wildman–Crippen LogP) is 4.27. The minimum Gasteiger partial charge on any atom is -0.453 e. The van der Waals surface area contributed by atoms with E-state index in [9.17, 15) is 9.18 Å². The summed E-state index contributed by atoms with van der Waals surface area (Å²) in [6, 6.07) is 11.6. The van der Waals surface area contributed by atoms with Crippen molar-refractivity contribution < 1.29 is 13.9 Å². The van der Waals surface area contributed by atoms with E-state index in [1.54, 1.807) is 41.5 Å². The Morgan fingerprint density at radius 2 is 1.88 bits per heavy atom. The number of nitrogens with zero attached hydrogens (tertiary/aromatic N) is 6. The number of methoxy groups -OCH3 is 1. The van der Waals surface area contributed by atoms with E-state index in [4.69, 9.17) is 0 Å². The Bertz CT molecular complexity index is 1460. The van der Waals surface area contributed by atoms with Gasteiger partial charge in [-0.15, -0.1) is 10.2 Å². The number of nitrogens with one attached hydrogen (secondary N) is 1. The first kappa shape index (κ1) is 20.3. The lowest BCUT2D eigenvalue weighted by molar-refractivity contribution is 0.187. The van der Waals surface area contributed by atoms with E-state index in [1.807, 2.05) is 29.7 Å². The highest BCUT2D eigenvalue weighted by atomic mass is 19.1.